The number of para-hydroxylation sites is 1. The van der Waals surface area contributed by atoms with Crippen LogP contribution in [0.5, 0.6) is 0 Å². The molecule has 3 rings (SSSR count). The lowest BCUT2D eigenvalue weighted by Crippen LogP contribution is -2.30. The largest absolute Gasteiger partial charge is 0.375 e. The summed E-state index contributed by atoms with van der Waals surface area (Å²) in [4.78, 5) is 1.46. The first-order valence-electron chi connectivity index (χ1n) is 5.51. The quantitative estimate of drug-likeness (QED) is 0.441. The molecule has 0 unspecified atom stereocenters. The van der Waals surface area contributed by atoms with Gasteiger partial charge in [-0.1, -0.05) is 30.0 Å². The van der Waals surface area contributed by atoms with Gasteiger partial charge in [-0.15, -0.1) is 0 Å². The van der Waals surface area contributed by atoms with Crippen molar-refractivity contribution in [3.05, 3.63) is 29.1 Å². The van der Waals surface area contributed by atoms with Crippen molar-refractivity contribution < 1.29 is 0 Å². The number of fused-ring (bicyclic) bond motifs is 3. The monoisotopic (exact) mass is 280 g/mol. The van der Waals surface area contributed by atoms with Gasteiger partial charge in [-0.05, 0) is 26.2 Å². The Kier molecular flexibility index (Phi) is 2.69. The van der Waals surface area contributed by atoms with E-state index in [-0.39, 0.29) is 5.54 Å². The first-order chi connectivity index (χ1) is 8.13. The number of nitrogens with one attached hydrogen (secondary N) is 1. The minimum atomic E-state index is 0.0405. The van der Waals surface area contributed by atoms with Gasteiger partial charge in [0.1, 0.15) is 4.88 Å². The average Bonchev–Trinajstić information content (AvgIpc) is 2.73. The van der Waals surface area contributed by atoms with Crippen LogP contribution in [0.2, 0.25) is 0 Å². The van der Waals surface area contributed by atoms with Crippen molar-refractivity contribution in [2.75, 3.05) is 11.6 Å². The van der Waals surface area contributed by atoms with E-state index in [9.17, 15) is 0 Å². The van der Waals surface area contributed by atoms with E-state index in [0.717, 1.165) is 0 Å². The van der Waals surface area contributed by atoms with Crippen LogP contribution < -0.4 is 5.32 Å². The fourth-order valence-electron chi connectivity index (χ4n) is 2.24. The van der Waals surface area contributed by atoms with Crippen LogP contribution in [0.25, 0.3) is 11.1 Å². The molecule has 0 fully saturated rings. The summed E-state index contributed by atoms with van der Waals surface area (Å²) in [7, 11) is 3.80. The van der Waals surface area contributed by atoms with Crippen LogP contribution in [0.3, 0.4) is 0 Å². The smallest absolute Gasteiger partial charge is 0.308 e. The van der Waals surface area contributed by atoms with E-state index in [0.29, 0.717) is 0 Å². The molecule has 1 nitrogen and oxygen atoms in total. The van der Waals surface area contributed by atoms with Gasteiger partial charge >= 0.3 is 10.3 Å². The summed E-state index contributed by atoms with van der Waals surface area (Å²) < 4.78 is 1.44. The molecule has 1 aromatic heterocycles. The van der Waals surface area contributed by atoms with Crippen LogP contribution in [0.15, 0.2) is 28.5 Å². The van der Waals surface area contributed by atoms with Gasteiger partial charge in [-0.25, -0.2) is 0 Å². The number of benzene rings is 1. The minimum Gasteiger partial charge on any atom is -0.375 e. The van der Waals surface area contributed by atoms with Crippen LogP contribution in [-0.2, 0) is 5.54 Å². The summed E-state index contributed by atoms with van der Waals surface area (Å²) in [6, 6.07) is 8.61. The van der Waals surface area contributed by atoms with Crippen molar-refractivity contribution >= 4 is 38.1 Å². The highest BCUT2D eigenvalue weighted by atomic mass is 32.9. The van der Waals surface area contributed by atoms with E-state index >= 15 is 0 Å². The van der Waals surface area contributed by atoms with Gasteiger partial charge in [0.05, 0.1) is 11.1 Å². The predicted molar refractivity (Wildman–Crippen MR) is 80.5 cm³/mol. The highest BCUT2D eigenvalue weighted by Gasteiger charge is 2.39. The number of hydrogen-bond donors (Lipinski definition) is 1. The van der Waals surface area contributed by atoms with Crippen LogP contribution in [0, 0.1) is 0 Å². The molecule has 1 aromatic carbocycles. The van der Waals surface area contributed by atoms with Gasteiger partial charge < -0.3 is 5.32 Å². The minimum absolute atomic E-state index is 0.0405. The van der Waals surface area contributed by atoms with Gasteiger partial charge in [0.25, 0.3) is 4.21 Å². The van der Waals surface area contributed by atoms with E-state index in [1.54, 1.807) is 0 Å². The number of hydrogen-bond acceptors (Lipinski definition) is 3. The third kappa shape index (κ3) is 1.70. The van der Waals surface area contributed by atoms with Gasteiger partial charge in [0, 0.05) is 11.3 Å². The second-order valence-corrected chi connectivity index (χ2v) is 7.88. The van der Waals surface area contributed by atoms with Gasteiger partial charge in [-0.2, -0.15) is 0 Å². The van der Waals surface area contributed by atoms with Crippen molar-refractivity contribution in [1.82, 2.24) is 0 Å². The molecule has 4 heteroatoms. The lowest BCUT2D eigenvalue weighted by molar-refractivity contribution is 0.619. The molecule has 1 aliphatic rings. The van der Waals surface area contributed by atoms with E-state index in [1.165, 1.54) is 25.9 Å². The lowest BCUT2D eigenvalue weighted by Gasteiger charge is -2.31. The topological polar surface area (TPSA) is 12.0 Å². The SMILES string of the molecule is CSc1[s+]sc2c1-c1ccccc1NC2(C)C. The predicted octanol–water partition coefficient (Wildman–Crippen LogP) is 5.14. The fourth-order valence-corrected chi connectivity index (χ4v) is 6.59. The lowest BCUT2D eigenvalue weighted by atomic mass is 9.90. The van der Waals surface area contributed by atoms with Crippen LogP contribution >= 0.6 is 32.4 Å². The fraction of sp³-hybridized carbons (Fsp3) is 0.308. The first-order valence-corrected chi connectivity index (χ1v) is 8.89. The van der Waals surface area contributed by atoms with Crippen molar-refractivity contribution in [2.45, 2.75) is 23.6 Å². The van der Waals surface area contributed by atoms with E-state index in [2.05, 4.69) is 49.7 Å². The average molecular weight is 280 g/mol. The Morgan fingerprint density at radius 3 is 2.82 bits per heavy atom. The highest BCUT2D eigenvalue weighted by molar-refractivity contribution is 8.02. The van der Waals surface area contributed by atoms with E-state index in [4.69, 9.17) is 0 Å². The summed E-state index contributed by atoms with van der Waals surface area (Å²) >= 11 is 1.86. The summed E-state index contributed by atoms with van der Waals surface area (Å²) in [5.41, 5.74) is 4.10. The van der Waals surface area contributed by atoms with Gasteiger partial charge in [0.15, 0.2) is 10.3 Å². The Labute approximate surface area is 113 Å². The van der Waals surface area contributed by atoms with E-state index < -0.39 is 0 Å². The zero-order valence-electron chi connectivity index (χ0n) is 10.0. The Morgan fingerprint density at radius 1 is 1.29 bits per heavy atom. The van der Waals surface area contributed by atoms with Gasteiger partial charge in [-0.3, -0.25) is 0 Å². The third-order valence-corrected chi connectivity index (χ3v) is 7.24. The standard InChI is InChI=1S/C13H14NS3/c1-13(2)11-10(12(15-3)17-16-11)8-6-4-5-7-9(8)14-13/h4-7,14H,1-3H3/q+1. The number of anilines is 1. The molecule has 0 atom stereocenters. The van der Waals surface area contributed by atoms with Crippen molar-refractivity contribution in [2.24, 2.45) is 0 Å². The molecule has 17 heavy (non-hydrogen) atoms. The Morgan fingerprint density at radius 2 is 2.06 bits per heavy atom. The molecule has 0 bridgehead atoms. The normalized spacial score (nSPS) is 15.9. The Balaban J connectivity index is 2.32. The Hall–Kier alpha value is -0.580. The maximum atomic E-state index is 3.64. The zero-order chi connectivity index (χ0) is 12.0. The molecular formula is C13H14NS3+. The van der Waals surface area contributed by atoms with Gasteiger partial charge in [0.2, 0.25) is 0 Å². The molecule has 1 aliphatic heterocycles. The molecule has 2 heterocycles. The zero-order valence-corrected chi connectivity index (χ0v) is 12.5. The summed E-state index contributed by atoms with van der Waals surface area (Å²) in [6.07, 6.45) is 2.16. The van der Waals surface area contributed by atoms with Crippen LogP contribution in [0.4, 0.5) is 5.69 Å². The second-order valence-electron chi connectivity index (χ2n) is 4.66. The molecule has 0 radical (unpaired) electrons. The maximum Gasteiger partial charge on any atom is 0.308 e. The number of thioether (sulfide) groups is 1. The molecule has 88 valence electrons. The first kappa shape index (κ1) is 11.5. The van der Waals surface area contributed by atoms with Crippen molar-refractivity contribution in [1.29, 1.82) is 0 Å². The van der Waals surface area contributed by atoms with E-state index in [1.807, 2.05) is 32.4 Å². The Bertz CT molecular complexity index is 572. The van der Waals surface area contributed by atoms with Crippen molar-refractivity contribution in [3.8, 4) is 11.1 Å². The highest BCUT2D eigenvalue weighted by Crippen LogP contribution is 2.52. The molecule has 0 aliphatic carbocycles. The summed E-state index contributed by atoms with van der Waals surface area (Å²) in [5.74, 6) is 0. The molecule has 0 amide bonds. The number of rotatable bonds is 1. The second kappa shape index (κ2) is 3.97. The molecule has 0 saturated carbocycles. The molecular weight excluding hydrogens is 266 g/mol. The third-order valence-electron chi connectivity index (χ3n) is 3.03. The molecule has 2 aromatic rings. The maximum absolute atomic E-state index is 3.64. The van der Waals surface area contributed by atoms with Crippen molar-refractivity contribution in [3.63, 3.8) is 0 Å². The molecule has 1 N–H and O–H groups in total. The molecule has 0 spiro atoms. The van der Waals surface area contributed by atoms with Crippen LogP contribution in [-0.4, -0.2) is 6.26 Å². The van der Waals surface area contributed by atoms with Crippen LogP contribution in [0.1, 0.15) is 18.7 Å². The molecule has 0 saturated heterocycles. The summed E-state index contributed by atoms with van der Waals surface area (Å²) in [6.45, 7) is 4.52. The summed E-state index contributed by atoms with van der Waals surface area (Å²) in [5, 5.41) is 3.64.